The number of aliphatic hydroxyl groups excluding tert-OH is 1. The molecule has 0 aromatic carbocycles. The first-order valence-corrected chi connectivity index (χ1v) is 3.46. The number of carbonyl (C=O) groups is 1. The van der Waals surface area contributed by atoms with Crippen LogP contribution in [0, 0.1) is 0 Å². The maximum absolute atomic E-state index is 10.5. The molecular formula is C5H9BrO3. The van der Waals surface area contributed by atoms with Crippen LogP contribution >= 0.6 is 15.9 Å². The molecule has 0 saturated carbocycles. The molecule has 1 N–H and O–H groups in total. The van der Waals surface area contributed by atoms with Crippen molar-refractivity contribution in [2.75, 3.05) is 13.7 Å². The minimum Gasteiger partial charge on any atom is -0.468 e. The Morgan fingerprint density at radius 2 is 2.44 bits per heavy atom. The largest absolute Gasteiger partial charge is 0.468 e. The summed E-state index contributed by atoms with van der Waals surface area (Å²) in [6.45, 7) is -0.00891. The maximum atomic E-state index is 10.5. The van der Waals surface area contributed by atoms with Crippen LogP contribution in [-0.2, 0) is 9.53 Å². The van der Waals surface area contributed by atoms with Gasteiger partial charge in [-0.25, -0.2) is 0 Å². The lowest BCUT2D eigenvalue weighted by molar-refractivity contribution is -0.140. The van der Waals surface area contributed by atoms with E-state index >= 15 is 0 Å². The van der Waals surface area contributed by atoms with E-state index in [2.05, 4.69) is 20.7 Å². The number of aliphatic hydroxyl groups is 1. The first-order valence-electron chi connectivity index (χ1n) is 2.55. The zero-order valence-corrected chi connectivity index (χ0v) is 6.72. The van der Waals surface area contributed by atoms with Crippen molar-refractivity contribution in [3.63, 3.8) is 0 Å². The second kappa shape index (κ2) is 4.76. The second-order valence-corrected chi connectivity index (χ2v) is 2.61. The molecule has 0 heterocycles. The number of ether oxygens (including phenoxy) is 1. The predicted octanol–water partition coefficient (Wildman–Crippen LogP) is 0.305. The molecule has 1 atom stereocenters. The average Bonchev–Trinajstić information content (AvgIpc) is 1.87. The summed E-state index contributed by atoms with van der Waals surface area (Å²) in [7, 11) is 1.31. The number of esters is 1. The van der Waals surface area contributed by atoms with E-state index in [1.54, 1.807) is 0 Å². The average molecular weight is 197 g/mol. The second-order valence-electron chi connectivity index (χ2n) is 1.50. The van der Waals surface area contributed by atoms with Crippen LogP contribution in [0.2, 0.25) is 0 Å². The van der Waals surface area contributed by atoms with Gasteiger partial charge in [-0.05, 0) is 6.42 Å². The molecule has 0 aliphatic heterocycles. The number of rotatable bonds is 3. The van der Waals surface area contributed by atoms with E-state index in [-0.39, 0.29) is 17.4 Å². The highest BCUT2D eigenvalue weighted by Crippen LogP contribution is 2.05. The van der Waals surface area contributed by atoms with Crippen LogP contribution in [0.1, 0.15) is 6.42 Å². The molecule has 0 aliphatic rings. The van der Waals surface area contributed by atoms with Crippen LogP contribution in [-0.4, -0.2) is 29.6 Å². The summed E-state index contributed by atoms with van der Waals surface area (Å²) >= 11 is 3.03. The molecule has 9 heavy (non-hydrogen) atoms. The van der Waals surface area contributed by atoms with Gasteiger partial charge in [0, 0.05) is 6.61 Å². The molecule has 0 amide bonds. The van der Waals surface area contributed by atoms with E-state index in [0.29, 0.717) is 6.42 Å². The topological polar surface area (TPSA) is 46.5 Å². The molecule has 0 spiro atoms. The SMILES string of the molecule is COC(=O)[C@@H](Br)CCO. The number of hydrogen-bond acceptors (Lipinski definition) is 3. The molecule has 54 valence electrons. The third kappa shape index (κ3) is 3.48. The Balaban J connectivity index is 3.45. The monoisotopic (exact) mass is 196 g/mol. The smallest absolute Gasteiger partial charge is 0.319 e. The lowest BCUT2D eigenvalue weighted by Crippen LogP contribution is -2.16. The third-order valence-electron chi connectivity index (χ3n) is 0.839. The maximum Gasteiger partial charge on any atom is 0.319 e. The number of hydrogen-bond donors (Lipinski definition) is 1. The van der Waals surface area contributed by atoms with Crippen molar-refractivity contribution in [1.82, 2.24) is 0 Å². The van der Waals surface area contributed by atoms with Crippen LogP contribution in [0.5, 0.6) is 0 Å². The first-order chi connectivity index (χ1) is 4.22. The van der Waals surface area contributed by atoms with Gasteiger partial charge in [-0.15, -0.1) is 0 Å². The van der Waals surface area contributed by atoms with Gasteiger partial charge in [-0.1, -0.05) is 15.9 Å². The van der Waals surface area contributed by atoms with E-state index < -0.39 is 0 Å². The van der Waals surface area contributed by atoms with Gasteiger partial charge in [0.2, 0.25) is 0 Å². The normalized spacial score (nSPS) is 12.8. The Bertz CT molecular complexity index is 94.2. The highest BCUT2D eigenvalue weighted by molar-refractivity contribution is 9.10. The summed E-state index contributed by atoms with van der Waals surface area (Å²) in [4.78, 5) is 10.2. The molecule has 0 aliphatic carbocycles. The summed E-state index contributed by atoms with van der Waals surface area (Å²) in [5.74, 6) is -0.343. The quantitative estimate of drug-likeness (QED) is 0.523. The van der Waals surface area contributed by atoms with Crippen molar-refractivity contribution in [3.05, 3.63) is 0 Å². The van der Waals surface area contributed by atoms with Gasteiger partial charge in [0.15, 0.2) is 0 Å². The highest BCUT2D eigenvalue weighted by Gasteiger charge is 2.12. The molecule has 0 radical (unpaired) electrons. The van der Waals surface area contributed by atoms with Crippen LogP contribution in [0.3, 0.4) is 0 Å². The Morgan fingerprint density at radius 1 is 1.89 bits per heavy atom. The van der Waals surface area contributed by atoms with Crippen molar-refractivity contribution in [2.45, 2.75) is 11.2 Å². The molecule has 0 aromatic rings. The van der Waals surface area contributed by atoms with E-state index in [0.717, 1.165) is 0 Å². The predicted molar refractivity (Wildman–Crippen MR) is 36.4 cm³/mol. The van der Waals surface area contributed by atoms with Gasteiger partial charge >= 0.3 is 5.97 Å². The van der Waals surface area contributed by atoms with Gasteiger partial charge in [-0.3, -0.25) is 4.79 Å². The summed E-state index contributed by atoms with van der Waals surface area (Å²) in [5, 5.41) is 8.34. The molecule has 0 fully saturated rings. The molecule has 0 aromatic heterocycles. The van der Waals surface area contributed by atoms with Gasteiger partial charge in [0.05, 0.1) is 7.11 Å². The number of alkyl halides is 1. The van der Waals surface area contributed by atoms with Crippen LogP contribution in [0.4, 0.5) is 0 Å². The highest BCUT2D eigenvalue weighted by atomic mass is 79.9. The molecule has 0 unspecified atom stereocenters. The van der Waals surface area contributed by atoms with Crippen LogP contribution in [0.25, 0.3) is 0 Å². The fraction of sp³-hybridized carbons (Fsp3) is 0.800. The lowest BCUT2D eigenvalue weighted by atomic mass is 10.3. The van der Waals surface area contributed by atoms with E-state index in [1.807, 2.05) is 0 Å². The number of methoxy groups -OCH3 is 1. The fourth-order valence-corrected chi connectivity index (χ4v) is 0.751. The lowest BCUT2D eigenvalue weighted by Gasteiger charge is -2.02. The molecule has 4 heteroatoms. The Hall–Kier alpha value is -0.0900. The van der Waals surface area contributed by atoms with Crippen molar-refractivity contribution in [1.29, 1.82) is 0 Å². The van der Waals surface area contributed by atoms with Crippen LogP contribution in [0.15, 0.2) is 0 Å². The van der Waals surface area contributed by atoms with E-state index in [1.165, 1.54) is 7.11 Å². The van der Waals surface area contributed by atoms with Crippen molar-refractivity contribution in [2.24, 2.45) is 0 Å². The molecular weight excluding hydrogens is 188 g/mol. The minimum atomic E-state index is -0.368. The summed E-state index contributed by atoms with van der Waals surface area (Å²) < 4.78 is 4.37. The number of halogens is 1. The first kappa shape index (κ1) is 8.91. The minimum absolute atomic E-state index is 0.00891. The summed E-state index contributed by atoms with van der Waals surface area (Å²) in [6.07, 6.45) is 0.396. The number of carbonyl (C=O) groups excluding carboxylic acids is 1. The zero-order chi connectivity index (χ0) is 7.28. The Labute approximate surface area is 62.1 Å². The molecule has 0 rings (SSSR count). The van der Waals surface area contributed by atoms with Crippen LogP contribution < -0.4 is 0 Å². The molecule has 3 nitrogen and oxygen atoms in total. The van der Waals surface area contributed by atoms with Crippen molar-refractivity contribution < 1.29 is 14.6 Å². The van der Waals surface area contributed by atoms with Gasteiger partial charge in [0.1, 0.15) is 4.83 Å². The Morgan fingerprint density at radius 3 is 2.78 bits per heavy atom. The zero-order valence-electron chi connectivity index (χ0n) is 5.13. The van der Waals surface area contributed by atoms with E-state index in [9.17, 15) is 4.79 Å². The molecule has 0 saturated heterocycles. The summed E-state index contributed by atoms with van der Waals surface area (Å²) in [6, 6.07) is 0. The van der Waals surface area contributed by atoms with Crippen molar-refractivity contribution in [3.8, 4) is 0 Å². The van der Waals surface area contributed by atoms with Gasteiger partial charge in [0.25, 0.3) is 0 Å². The molecule has 0 bridgehead atoms. The third-order valence-corrected chi connectivity index (χ3v) is 1.67. The van der Waals surface area contributed by atoms with E-state index in [4.69, 9.17) is 5.11 Å². The van der Waals surface area contributed by atoms with Gasteiger partial charge < -0.3 is 9.84 Å². The van der Waals surface area contributed by atoms with Gasteiger partial charge in [-0.2, -0.15) is 0 Å². The Kier molecular flexibility index (Phi) is 4.71. The van der Waals surface area contributed by atoms with Crippen molar-refractivity contribution >= 4 is 21.9 Å². The summed E-state index contributed by atoms with van der Waals surface area (Å²) in [5.41, 5.74) is 0. The standard InChI is InChI=1S/C5H9BrO3/c1-9-5(8)4(6)2-3-7/h4,7H,2-3H2,1H3/t4-/m0/s1. The fourth-order valence-electron chi connectivity index (χ4n) is 0.359.